The van der Waals surface area contributed by atoms with Gasteiger partial charge in [-0.05, 0) is 41.8 Å². The van der Waals surface area contributed by atoms with Crippen LogP contribution in [0.15, 0.2) is 63.4 Å². The molecule has 2 aromatic heterocycles. The maximum Gasteiger partial charge on any atom is 0.256 e. The number of hydrogen-bond donors (Lipinski definition) is 0. The summed E-state index contributed by atoms with van der Waals surface area (Å²) in [6.07, 6.45) is 1.54. The minimum absolute atomic E-state index is 0.0133. The number of carbonyl (C=O) groups is 1. The molecule has 0 atom stereocenters. The van der Waals surface area contributed by atoms with Crippen molar-refractivity contribution in [3.05, 3.63) is 75.3 Å². The van der Waals surface area contributed by atoms with Gasteiger partial charge in [-0.1, -0.05) is 17.7 Å². The third kappa shape index (κ3) is 4.47. The summed E-state index contributed by atoms with van der Waals surface area (Å²) in [4.78, 5) is 15.9. The molecule has 9 heteroatoms. The molecular weight excluding hydrogens is 420 g/mol. The van der Waals surface area contributed by atoms with Crippen LogP contribution in [0.25, 0.3) is 0 Å². The second-order valence-electron chi connectivity index (χ2n) is 6.25. The SMILES string of the molecule is CN(C)S(=O)(=O)c1ccc(Cl)c(C(=O)N(Cc2ccco2)Cc2cccs2)c1. The third-order valence-electron chi connectivity index (χ3n) is 4.09. The first-order valence-corrected chi connectivity index (χ1v) is 11.0. The minimum atomic E-state index is -3.69. The Labute approximate surface area is 173 Å². The van der Waals surface area contributed by atoms with Crippen LogP contribution in [0.2, 0.25) is 5.02 Å². The molecule has 28 heavy (non-hydrogen) atoms. The highest BCUT2D eigenvalue weighted by atomic mass is 35.5. The number of sulfonamides is 1. The molecule has 0 aliphatic carbocycles. The normalized spacial score (nSPS) is 11.7. The van der Waals surface area contributed by atoms with E-state index in [4.69, 9.17) is 16.0 Å². The van der Waals surface area contributed by atoms with Crippen molar-refractivity contribution >= 4 is 38.9 Å². The Bertz CT molecular complexity index is 1010. The van der Waals surface area contributed by atoms with Crippen LogP contribution in [0, 0.1) is 0 Å². The Morgan fingerprint density at radius 1 is 1.14 bits per heavy atom. The number of carbonyl (C=O) groups excluding carboxylic acids is 1. The molecule has 0 fully saturated rings. The Balaban J connectivity index is 1.97. The fourth-order valence-corrected chi connectivity index (χ4v) is 4.44. The Kier molecular flexibility index (Phi) is 6.24. The summed E-state index contributed by atoms with van der Waals surface area (Å²) in [6.45, 7) is 0.600. The van der Waals surface area contributed by atoms with E-state index in [0.717, 1.165) is 9.18 Å². The van der Waals surface area contributed by atoms with Gasteiger partial charge in [0.15, 0.2) is 0 Å². The minimum Gasteiger partial charge on any atom is -0.467 e. The van der Waals surface area contributed by atoms with Crippen LogP contribution >= 0.6 is 22.9 Å². The first-order valence-electron chi connectivity index (χ1n) is 8.35. The quantitative estimate of drug-likeness (QED) is 0.557. The average molecular weight is 439 g/mol. The van der Waals surface area contributed by atoms with Gasteiger partial charge in [0.2, 0.25) is 10.0 Å². The molecule has 0 spiro atoms. The smallest absolute Gasteiger partial charge is 0.256 e. The van der Waals surface area contributed by atoms with Gasteiger partial charge < -0.3 is 9.32 Å². The highest BCUT2D eigenvalue weighted by molar-refractivity contribution is 7.89. The van der Waals surface area contributed by atoms with Gasteiger partial charge in [0.1, 0.15) is 5.76 Å². The lowest BCUT2D eigenvalue weighted by Crippen LogP contribution is -2.30. The molecule has 0 aliphatic heterocycles. The maximum absolute atomic E-state index is 13.3. The summed E-state index contributed by atoms with van der Waals surface area (Å²) in [5, 5.41) is 2.13. The van der Waals surface area contributed by atoms with Gasteiger partial charge in [-0.15, -0.1) is 11.3 Å². The Hall–Kier alpha value is -2.13. The molecule has 0 radical (unpaired) electrons. The van der Waals surface area contributed by atoms with E-state index in [1.165, 1.54) is 43.6 Å². The van der Waals surface area contributed by atoms with E-state index in [1.807, 2.05) is 17.5 Å². The summed E-state index contributed by atoms with van der Waals surface area (Å²) in [7, 11) is -0.816. The summed E-state index contributed by atoms with van der Waals surface area (Å²) in [5.41, 5.74) is 0.132. The highest BCUT2D eigenvalue weighted by Gasteiger charge is 2.24. The lowest BCUT2D eigenvalue weighted by atomic mass is 10.2. The molecule has 0 saturated carbocycles. The predicted octanol–water partition coefficient (Wildman–Crippen LogP) is 4.09. The predicted molar refractivity (Wildman–Crippen MR) is 109 cm³/mol. The third-order valence-corrected chi connectivity index (χ3v) is 7.09. The molecule has 1 amide bonds. The average Bonchev–Trinajstić information content (AvgIpc) is 3.34. The molecule has 0 bridgehead atoms. The monoisotopic (exact) mass is 438 g/mol. The van der Waals surface area contributed by atoms with Crippen LogP contribution in [0.3, 0.4) is 0 Å². The van der Waals surface area contributed by atoms with E-state index in [9.17, 15) is 13.2 Å². The van der Waals surface area contributed by atoms with Gasteiger partial charge in [0.25, 0.3) is 5.91 Å². The van der Waals surface area contributed by atoms with Crippen molar-refractivity contribution in [1.29, 1.82) is 0 Å². The molecule has 6 nitrogen and oxygen atoms in total. The number of hydrogen-bond acceptors (Lipinski definition) is 5. The van der Waals surface area contributed by atoms with Crippen LogP contribution in [-0.2, 0) is 23.1 Å². The summed E-state index contributed by atoms with van der Waals surface area (Å²) in [6, 6.07) is 11.5. The second kappa shape index (κ2) is 8.48. The summed E-state index contributed by atoms with van der Waals surface area (Å²) in [5.74, 6) is 0.253. The number of furan rings is 1. The standard InChI is InChI=1S/C19H19ClN2O4S2/c1-21(2)28(24,25)16-7-8-18(20)17(11-16)19(23)22(12-14-5-3-9-26-14)13-15-6-4-10-27-15/h3-11H,12-13H2,1-2H3. The van der Waals surface area contributed by atoms with Crippen molar-refractivity contribution in [2.75, 3.05) is 14.1 Å². The molecule has 0 aliphatic rings. The topological polar surface area (TPSA) is 70.8 Å². The molecule has 1 aromatic carbocycles. The van der Waals surface area contributed by atoms with Gasteiger partial charge in [-0.25, -0.2) is 12.7 Å². The Morgan fingerprint density at radius 3 is 2.54 bits per heavy atom. The molecule has 0 unspecified atom stereocenters. The molecule has 3 rings (SSSR count). The van der Waals surface area contributed by atoms with Crippen LogP contribution in [0.1, 0.15) is 21.0 Å². The lowest BCUT2D eigenvalue weighted by molar-refractivity contribution is 0.0719. The van der Waals surface area contributed by atoms with Crippen molar-refractivity contribution in [2.24, 2.45) is 0 Å². The molecule has 2 heterocycles. The van der Waals surface area contributed by atoms with E-state index in [-0.39, 0.29) is 27.9 Å². The lowest BCUT2D eigenvalue weighted by Gasteiger charge is -2.22. The van der Waals surface area contributed by atoms with Crippen molar-refractivity contribution in [3.8, 4) is 0 Å². The number of nitrogens with zero attached hydrogens (tertiary/aromatic N) is 2. The van der Waals surface area contributed by atoms with Crippen LogP contribution < -0.4 is 0 Å². The van der Waals surface area contributed by atoms with E-state index >= 15 is 0 Å². The number of benzene rings is 1. The fourth-order valence-electron chi connectivity index (χ4n) is 2.59. The number of thiophene rings is 1. The van der Waals surface area contributed by atoms with Gasteiger partial charge in [-0.2, -0.15) is 0 Å². The first-order chi connectivity index (χ1) is 13.3. The molecule has 0 saturated heterocycles. The van der Waals surface area contributed by atoms with E-state index in [0.29, 0.717) is 12.3 Å². The molecule has 148 valence electrons. The van der Waals surface area contributed by atoms with Crippen molar-refractivity contribution in [3.63, 3.8) is 0 Å². The zero-order valence-corrected chi connectivity index (χ0v) is 17.7. The van der Waals surface area contributed by atoms with E-state index in [2.05, 4.69) is 0 Å². The largest absolute Gasteiger partial charge is 0.467 e. The van der Waals surface area contributed by atoms with Crippen molar-refractivity contribution in [1.82, 2.24) is 9.21 Å². The second-order valence-corrected chi connectivity index (χ2v) is 9.84. The first kappa shape index (κ1) is 20.6. The summed E-state index contributed by atoms with van der Waals surface area (Å²) < 4.78 is 31.4. The maximum atomic E-state index is 13.3. The van der Waals surface area contributed by atoms with Gasteiger partial charge >= 0.3 is 0 Å². The van der Waals surface area contributed by atoms with Crippen LogP contribution in [-0.4, -0.2) is 37.6 Å². The zero-order chi connectivity index (χ0) is 20.3. The number of rotatable bonds is 7. The van der Waals surface area contributed by atoms with E-state index in [1.54, 1.807) is 23.3 Å². The number of amides is 1. The fraction of sp³-hybridized carbons (Fsp3) is 0.211. The van der Waals surface area contributed by atoms with Crippen LogP contribution in [0.4, 0.5) is 0 Å². The Morgan fingerprint density at radius 2 is 1.93 bits per heavy atom. The molecular formula is C19H19ClN2O4S2. The van der Waals surface area contributed by atoms with Gasteiger partial charge in [-0.3, -0.25) is 4.79 Å². The van der Waals surface area contributed by atoms with Crippen molar-refractivity contribution in [2.45, 2.75) is 18.0 Å². The van der Waals surface area contributed by atoms with Crippen LogP contribution in [0.5, 0.6) is 0 Å². The molecule has 3 aromatic rings. The van der Waals surface area contributed by atoms with E-state index < -0.39 is 10.0 Å². The highest BCUT2D eigenvalue weighted by Crippen LogP contribution is 2.25. The summed E-state index contributed by atoms with van der Waals surface area (Å²) >= 11 is 7.78. The van der Waals surface area contributed by atoms with Gasteiger partial charge in [0, 0.05) is 19.0 Å². The number of halogens is 1. The zero-order valence-electron chi connectivity index (χ0n) is 15.3. The van der Waals surface area contributed by atoms with Crippen molar-refractivity contribution < 1.29 is 17.6 Å². The van der Waals surface area contributed by atoms with Gasteiger partial charge in [0.05, 0.1) is 34.8 Å². The molecule has 0 N–H and O–H groups in total.